The first-order valence-electron chi connectivity index (χ1n) is 6.24. The normalized spacial score (nSPS) is 10.4. The van der Waals surface area contributed by atoms with E-state index in [9.17, 15) is 4.79 Å². The predicted molar refractivity (Wildman–Crippen MR) is 72.6 cm³/mol. The van der Waals surface area contributed by atoms with Gasteiger partial charge in [0, 0.05) is 30.4 Å². The molecule has 0 saturated carbocycles. The van der Waals surface area contributed by atoms with E-state index in [4.69, 9.17) is 0 Å². The van der Waals surface area contributed by atoms with Crippen LogP contribution in [0.1, 0.15) is 38.1 Å². The minimum atomic E-state index is -0.00824. The second-order valence-electron chi connectivity index (χ2n) is 4.35. The molecule has 1 amide bonds. The van der Waals surface area contributed by atoms with Crippen LogP contribution in [-0.2, 0) is 0 Å². The van der Waals surface area contributed by atoms with Gasteiger partial charge in [-0.2, -0.15) is 0 Å². The van der Waals surface area contributed by atoms with Crippen LogP contribution in [-0.4, -0.2) is 25.0 Å². The lowest BCUT2D eigenvalue weighted by Crippen LogP contribution is -2.30. The Balaban J connectivity index is 2.77. The zero-order valence-corrected chi connectivity index (χ0v) is 11.2. The Bertz CT molecular complexity index is 353. The minimum absolute atomic E-state index is 0.00824. The molecule has 0 radical (unpaired) electrons. The summed E-state index contributed by atoms with van der Waals surface area (Å²) in [5.74, 6) is -0.00824. The second kappa shape index (κ2) is 6.28. The Morgan fingerprint density at radius 3 is 2.12 bits per heavy atom. The molecule has 1 aromatic carbocycles. The summed E-state index contributed by atoms with van der Waals surface area (Å²) < 4.78 is 0. The molecule has 1 aromatic rings. The lowest BCUT2D eigenvalue weighted by atomic mass is 10.1. The zero-order chi connectivity index (χ0) is 12.8. The van der Waals surface area contributed by atoms with Crippen molar-refractivity contribution < 1.29 is 4.79 Å². The molecule has 1 rings (SSSR count). The van der Waals surface area contributed by atoms with Crippen LogP contribution in [0, 0.1) is 0 Å². The fourth-order valence-corrected chi connectivity index (χ4v) is 1.76. The summed E-state index contributed by atoms with van der Waals surface area (Å²) in [7, 11) is 0. The Kier molecular flexibility index (Phi) is 5.01. The molecule has 0 aromatic heterocycles. The van der Waals surface area contributed by atoms with Gasteiger partial charge in [-0.05, 0) is 52.0 Å². The van der Waals surface area contributed by atoms with Crippen molar-refractivity contribution in [3.05, 3.63) is 29.8 Å². The van der Waals surface area contributed by atoms with Crippen molar-refractivity contribution in [2.24, 2.45) is 0 Å². The van der Waals surface area contributed by atoms with Crippen LogP contribution in [0.4, 0.5) is 5.69 Å². The lowest BCUT2D eigenvalue weighted by Gasteiger charge is -2.21. The molecule has 0 spiro atoms. The van der Waals surface area contributed by atoms with Crippen molar-refractivity contribution in [1.29, 1.82) is 0 Å². The summed E-state index contributed by atoms with van der Waals surface area (Å²) >= 11 is 0. The molecule has 0 aliphatic heterocycles. The maximum atomic E-state index is 11.8. The first-order valence-corrected chi connectivity index (χ1v) is 6.24. The van der Waals surface area contributed by atoms with Crippen molar-refractivity contribution in [1.82, 2.24) is 5.32 Å². The summed E-state index contributed by atoms with van der Waals surface area (Å²) in [5, 5.41) is 2.88. The SMILES string of the molecule is CCN(CC)c1ccc(C(=O)NC(C)C)cc1. The number of carbonyl (C=O) groups excluding carboxylic acids is 1. The van der Waals surface area contributed by atoms with E-state index in [2.05, 4.69) is 24.1 Å². The lowest BCUT2D eigenvalue weighted by molar-refractivity contribution is 0.0943. The molecule has 94 valence electrons. The molecule has 0 heterocycles. The highest BCUT2D eigenvalue weighted by molar-refractivity contribution is 5.94. The third-order valence-corrected chi connectivity index (χ3v) is 2.68. The second-order valence-corrected chi connectivity index (χ2v) is 4.35. The number of benzene rings is 1. The van der Waals surface area contributed by atoms with Crippen LogP contribution in [0.5, 0.6) is 0 Å². The summed E-state index contributed by atoms with van der Waals surface area (Å²) in [4.78, 5) is 14.0. The predicted octanol–water partition coefficient (Wildman–Crippen LogP) is 2.67. The first kappa shape index (κ1) is 13.6. The Morgan fingerprint density at radius 1 is 1.18 bits per heavy atom. The highest BCUT2D eigenvalue weighted by atomic mass is 16.1. The van der Waals surface area contributed by atoms with E-state index in [1.165, 1.54) is 0 Å². The van der Waals surface area contributed by atoms with Gasteiger partial charge in [-0.15, -0.1) is 0 Å². The number of hydrogen-bond donors (Lipinski definition) is 1. The van der Waals surface area contributed by atoms with Crippen LogP contribution in [0.25, 0.3) is 0 Å². The van der Waals surface area contributed by atoms with E-state index in [1.807, 2.05) is 38.1 Å². The van der Waals surface area contributed by atoms with Crippen LogP contribution >= 0.6 is 0 Å². The number of nitrogens with zero attached hydrogens (tertiary/aromatic N) is 1. The molecule has 3 nitrogen and oxygen atoms in total. The van der Waals surface area contributed by atoms with Crippen LogP contribution < -0.4 is 10.2 Å². The highest BCUT2D eigenvalue weighted by Gasteiger charge is 2.07. The summed E-state index contributed by atoms with van der Waals surface area (Å²) in [6.45, 7) is 10.1. The van der Waals surface area contributed by atoms with E-state index in [0.29, 0.717) is 0 Å². The van der Waals surface area contributed by atoms with Crippen molar-refractivity contribution >= 4 is 11.6 Å². The molecule has 0 saturated heterocycles. The minimum Gasteiger partial charge on any atom is -0.372 e. The maximum Gasteiger partial charge on any atom is 0.251 e. The zero-order valence-electron chi connectivity index (χ0n) is 11.2. The van der Waals surface area contributed by atoms with E-state index in [-0.39, 0.29) is 11.9 Å². The number of rotatable bonds is 5. The summed E-state index contributed by atoms with van der Waals surface area (Å²) in [6.07, 6.45) is 0. The van der Waals surface area contributed by atoms with Crippen molar-refractivity contribution in [3.63, 3.8) is 0 Å². The molecule has 0 unspecified atom stereocenters. The number of nitrogens with one attached hydrogen (secondary N) is 1. The van der Waals surface area contributed by atoms with Gasteiger partial charge in [0.2, 0.25) is 0 Å². The van der Waals surface area contributed by atoms with Gasteiger partial charge in [-0.25, -0.2) is 0 Å². The van der Waals surface area contributed by atoms with Crippen LogP contribution in [0.2, 0.25) is 0 Å². The van der Waals surface area contributed by atoms with Gasteiger partial charge < -0.3 is 10.2 Å². The largest absolute Gasteiger partial charge is 0.372 e. The van der Waals surface area contributed by atoms with Crippen LogP contribution in [0.15, 0.2) is 24.3 Å². The van der Waals surface area contributed by atoms with Crippen molar-refractivity contribution in [2.45, 2.75) is 33.7 Å². The van der Waals surface area contributed by atoms with Crippen LogP contribution in [0.3, 0.4) is 0 Å². The molecule has 0 atom stereocenters. The quantitative estimate of drug-likeness (QED) is 0.849. The smallest absolute Gasteiger partial charge is 0.251 e. The molecular formula is C14H22N2O. The molecule has 0 fully saturated rings. The summed E-state index contributed by atoms with van der Waals surface area (Å²) in [6, 6.07) is 7.94. The Morgan fingerprint density at radius 2 is 1.71 bits per heavy atom. The standard InChI is InChI=1S/C14H22N2O/c1-5-16(6-2)13-9-7-12(8-10-13)14(17)15-11(3)4/h7-11H,5-6H2,1-4H3,(H,15,17). The summed E-state index contributed by atoms with van der Waals surface area (Å²) in [5.41, 5.74) is 1.88. The first-order chi connectivity index (χ1) is 8.08. The van der Waals surface area contributed by atoms with E-state index in [1.54, 1.807) is 0 Å². The fraction of sp³-hybridized carbons (Fsp3) is 0.500. The third-order valence-electron chi connectivity index (χ3n) is 2.68. The van der Waals surface area contributed by atoms with E-state index < -0.39 is 0 Å². The van der Waals surface area contributed by atoms with Gasteiger partial charge >= 0.3 is 0 Å². The highest BCUT2D eigenvalue weighted by Crippen LogP contribution is 2.14. The molecule has 0 aliphatic carbocycles. The molecule has 0 bridgehead atoms. The van der Waals surface area contributed by atoms with Gasteiger partial charge in [-0.3, -0.25) is 4.79 Å². The average molecular weight is 234 g/mol. The molecule has 0 aliphatic rings. The average Bonchev–Trinajstić information content (AvgIpc) is 2.30. The van der Waals surface area contributed by atoms with Crippen molar-refractivity contribution in [2.75, 3.05) is 18.0 Å². The topological polar surface area (TPSA) is 32.3 Å². The van der Waals surface area contributed by atoms with Crippen molar-refractivity contribution in [3.8, 4) is 0 Å². The van der Waals surface area contributed by atoms with Gasteiger partial charge in [0.15, 0.2) is 0 Å². The van der Waals surface area contributed by atoms with E-state index in [0.717, 1.165) is 24.3 Å². The van der Waals surface area contributed by atoms with Gasteiger partial charge in [-0.1, -0.05) is 0 Å². The fourth-order valence-electron chi connectivity index (χ4n) is 1.76. The number of amides is 1. The van der Waals surface area contributed by atoms with E-state index >= 15 is 0 Å². The Hall–Kier alpha value is -1.51. The number of hydrogen-bond acceptors (Lipinski definition) is 2. The molecule has 1 N–H and O–H groups in total. The third kappa shape index (κ3) is 3.77. The van der Waals surface area contributed by atoms with Gasteiger partial charge in [0.1, 0.15) is 0 Å². The monoisotopic (exact) mass is 234 g/mol. The Labute approximate surface area is 104 Å². The molecule has 17 heavy (non-hydrogen) atoms. The van der Waals surface area contributed by atoms with Gasteiger partial charge in [0.05, 0.1) is 0 Å². The maximum absolute atomic E-state index is 11.8. The number of carbonyl (C=O) groups is 1. The molecule has 3 heteroatoms. The number of anilines is 1. The molecular weight excluding hydrogens is 212 g/mol. The van der Waals surface area contributed by atoms with Gasteiger partial charge in [0.25, 0.3) is 5.91 Å².